The molecule has 4 nitrogen and oxygen atoms in total. The fraction of sp³-hybridized carbons (Fsp3) is 0. The molecule has 2 heterocycles. The first-order valence-corrected chi connectivity index (χ1v) is 21.8. The molecule has 0 fully saturated rings. The van der Waals surface area contributed by atoms with E-state index in [2.05, 4.69) is 59.0 Å². The number of nitrogens with zero attached hydrogens (tertiary/aromatic N) is 2. The van der Waals surface area contributed by atoms with Crippen molar-refractivity contribution in [3.05, 3.63) is 206 Å². The molecule has 0 atom stereocenters. The van der Waals surface area contributed by atoms with Crippen molar-refractivity contribution in [3.63, 3.8) is 0 Å². The summed E-state index contributed by atoms with van der Waals surface area (Å²) in [5, 5.41) is 7.47. The van der Waals surface area contributed by atoms with Crippen molar-refractivity contribution in [2.24, 2.45) is 0 Å². The van der Waals surface area contributed by atoms with Gasteiger partial charge < -0.3 is 9.13 Å². The molecule has 0 bridgehead atoms. The summed E-state index contributed by atoms with van der Waals surface area (Å²) in [4.78, 5) is 5.31. The van der Waals surface area contributed by atoms with Crippen LogP contribution in [0.2, 0.25) is 0 Å². The summed E-state index contributed by atoms with van der Waals surface area (Å²) in [6.07, 6.45) is 0. The maximum absolute atomic E-state index is 15.7. The lowest BCUT2D eigenvalue weighted by atomic mass is 10.0. The van der Waals surface area contributed by atoms with Crippen LogP contribution in [0.25, 0.3) is 49.5 Å². The van der Waals surface area contributed by atoms with Gasteiger partial charge in [-0.25, -0.2) is 4.98 Å². The molecule has 0 aliphatic heterocycles. The molecule has 0 unspecified atom stereocenters. The number of hydrogen-bond acceptors (Lipinski definition) is 3. The highest BCUT2D eigenvalue weighted by Gasteiger charge is 2.32. The van der Waals surface area contributed by atoms with Crippen molar-refractivity contribution in [2.45, 2.75) is 0 Å². The summed E-state index contributed by atoms with van der Waals surface area (Å²) in [6.45, 7) is 0. The zero-order valence-electron chi connectivity index (χ0n) is 29.7. The number of aromatic nitrogens is 2. The Morgan fingerprint density at radius 3 is 1.31 bits per heavy atom. The number of rotatable bonds is 7. The molecular formula is C49H34N2O2P2. The van der Waals surface area contributed by atoms with Gasteiger partial charge >= 0.3 is 0 Å². The molecule has 262 valence electrons. The van der Waals surface area contributed by atoms with Crippen LogP contribution in [0.15, 0.2) is 206 Å². The van der Waals surface area contributed by atoms with E-state index in [0.29, 0.717) is 0 Å². The van der Waals surface area contributed by atoms with E-state index in [1.165, 1.54) is 0 Å². The van der Waals surface area contributed by atoms with E-state index >= 15 is 9.13 Å². The van der Waals surface area contributed by atoms with E-state index in [0.717, 1.165) is 81.3 Å². The molecule has 6 heteroatoms. The molecule has 0 N–H and O–H groups in total. The van der Waals surface area contributed by atoms with Crippen LogP contribution < -0.4 is 31.8 Å². The first-order valence-electron chi connectivity index (χ1n) is 18.3. The van der Waals surface area contributed by atoms with Gasteiger partial charge in [0.1, 0.15) is 5.65 Å². The van der Waals surface area contributed by atoms with Gasteiger partial charge in [0.15, 0.2) is 14.3 Å². The molecule has 0 amide bonds. The Kier molecular flexibility index (Phi) is 8.00. The Hall–Kier alpha value is -6.31. The molecule has 2 aromatic heterocycles. The maximum atomic E-state index is 15.7. The van der Waals surface area contributed by atoms with Crippen LogP contribution in [0.1, 0.15) is 0 Å². The third-order valence-electron chi connectivity index (χ3n) is 10.7. The van der Waals surface area contributed by atoms with Gasteiger partial charge in [0.05, 0.1) is 16.6 Å². The van der Waals surface area contributed by atoms with Crippen LogP contribution in [-0.4, -0.2) is 9.38 Å². The third kappa shape index (κ3) is 5.33. The number of benzene rings is 8. The van der Waals surface area contributed by atoms with E-state index in [9.17, 15) is 0 Å². The summed E-state index contributed by atoms with van der Waals surface area (Å²) in [6, 6.07) is 68.3. The van der Waals surface area contributed by atoms with Crippen molar-refractivity contribution < 1.29 is 9.13 Å². The molecule has 0 saturated heterocycles. The highest BCUT2D eigenvalue weighted by molar-refractivity contribution is 7.85. The molecule has 0 aliphatic carbocycles. The van der Waals surface area contributed by atoms with Crippen molar-refractivity contribution in [1.82, 2.24) is 9.38 Å². The van der Waals surface area contributed by atoms with E-state index in [4.69, 9.17) is 4.98 Å². The second-order valence-corrected chi connectivity index (χ2v) is 19.4. The minimum absolute atomic E-state index is 0.741. The monoisotopic (exact) mass is 744 g/mol. The van der Waals surface area contributed by atoms with Crippen LogP contribution in [0.5, 0.6) is 0 Å². The summed E-state index contributed by atoms with van der Waals surface area (Å²) in [7, 11) is -6.56. The molecule has 0 saturated carbocycles. The van der Waals surface area contributed by atoms with E-state index in [1.807, 2.05) is 152 Å². The predicted octanol–water partition coefficient (Wildman–Crippen LogP) is 9.74. The van der Waals surface area contributed by atoms with Crippen LogP contribution in [0, 0.1) is 0 Å². The van der Waals surface area contributed by atoms with E-state index < -0.39 is 14.3 Å². The van der Waals surface area contributed by atoms with Gasteiger partial charge in [-0.1, -0.05) is 182 Å². The minimum atomic E-state index is -3.29. The largest absolute Gasteiger partial charge is 0.309 e. The van der Waals surface area contributed by atoms with Gasteiger partial charge in [0.2, 0.25) is 0 Å². The fourth-order valence-corrected chi connectivity index (χ4v) is 13.4. The van der Waals surface area contributed by atoms with Crippen LogP contribution in [0.3, 0.4) is 0 Å². The van der Waals surface area contributed by atoms with Gasteiger partial charge in [-0.05, 0) is 40.8 Å². The highest BCUT2D eigenvalue weighted by atomic mass is 31.2. The molecule has 10 rings (SSSR count). The van der Waals surface area contributed by atoms with Crippen LogP contribution in [0.4, 0.5) is 0 Å². The topological polar surface area (TPSA) is 51.4 Å². The molecule has 0 spiro atoms. The second kappa shape index (κ2) is 13.2. The SMILES string of the molecule is O=P(c1ccccc1)(c1ccccc1)c1ccc2c3ccc(P(=O)(c4ccccc4)c4ccccc4)cc3n3c4cc(-c5ccccc5)ccc4nc3c2c1. The number of fused-ring (bicyclic) bond motifs is 8. The first-order chi connectivity index (χ1) is 27.0. The Bertz CT molecular complexity index is 3040. The minimum Gasteiger partial charge on any atom is -0.309 e. The van der Waals surface area contributed by atoms with Crippen LogP contribution in [-0.2, 0) is 9.13 Å². The van der Waals surface area contributed by atoms with Gasteiger partial charge in [-0.2, -0.15) is 0 Å². The quantitative estimate of drug-likeness (QED) is 0.121. The van der Waals surface area contributed by atoms with Gasteiger partial charge in [0.25, 0.3) is 0 Å². The first kappa shape index (κ1) is 33.3. The van der Waals surface area contributed by atoms with E-state index in [1.54, 1.807) is 0 Å². The molecular weight excluding hydrogens is 710 g/mol. The fourth-order valence-electron chi connectivity index (χ4n) is 8.03. The summed E-state index contributed by atoms with van der Waals surface area (Å²) < 4.78 is 33.5. The third-order valence-corrected chi connectivity index (χ3v) is 16.8. The Morgan fingerprint density at radius 2 is 0.800 bits per heavy atom. The van der Waals surface area contributed by atoms with Gasteiger partial charge in [-0.3, -0.25) is 4.40 Å². The van der Waals surface area contributed by atoms with Crippen molar-refractivity contribution in [3.8, 4) is 11.1 Å². The Morgan fingerprint density at radius 1 is 0.345 bits per heavy atom. The van der Waals surface area contributed by atoms with Crippen LogP contribution >= 0.6 is 14.3 Å². The van der Waals surface area contributed by atoms with Crippen molar-refractivity contribution in [2.75, 3.05) is 0 Å². The summed E-state index contributed by atoms with van der Waals surface area (Å²) >= 11 is 0. The molecule has 8 aromatic carbocycles. The van der Waals surface area contributed by atoms with Crippen molar-refractivity contribution >= 4 is 84.5 Å². The Labute approximate surface area is 319 Å². The summed E-state index contributed by atoms with van der Waals surface area (Å²) in [5.41, 5.74) is 5.62. The van der Waals surface area contributed by atoms with Gasteiger partial charge in [0, 0.05) is 42.6 Å². The number of hydrogen-bond donors (Lipinski definition) is 0. The molecule has 55 heavy (non-hydrogen) atoms. The smallest absolute Gasteiger partial charge is 0.171 e. The zero-order valence-corrected chi connectivity index (χ0v) is 31.5. The average molecular weight is 745 g/mol. The highest BCUT2D eigenvalue weighted by Crippen LogP contribution is 2.46. The predicted molar refractivity (Wildman–Crippen MR) is 232 cm³/mol. The lowest BCUT2D eigenvalue weighted by Gasteiger charge is -2.22. The molecule has 10 aromatic rings. The Balaban J connectivity index is 1.31. The van der Waals surface area contributed by atoms with Crippen molar-refractivity contribution in [1.29, 1.82) is 0 Å². The molecule has 0 radical (unpaired) electrons. The average Bonchev–Trinajstić information content (AvgIpc) is 3.66. The lowest BCUT2D eigenvalue weighted by Crippen LogP contribution is -2.25. The maximum Gasteiger partial charge on any atom is 0.171 e. The summed E-state index contributed by atoms with van der Waals surface area (Å²) in [5.74, 6) is 0. The number of pyridine rings is 1. The van der Waals surface area contributed by atoms with E-state index in [-0.39, 0.29) is 0 Å². The lowest BCUT2D eigenvalue weighted by molar-refractivity contribution is 0.591. The number of imidazole rings is 1. The normalized spacial score (nSPS) is 12.1. The second-order valence-electron chi connectivity index (χ2n) is 13.8. The molecule has 0 aliphatic rings. The van der Waals surface area contributed by atoms with Gasteiger partial charge in [-0.15, -0.1) is 0 Å². The standard InChI is InChI=1S/C49H34N2O2P2/c52-54(37-18-8-2-9-19-37,38-20-10-3-11-21-38)41-27-29-43-44-30-28-42(55(53,39-22-12-4-13-23-39)40-24-14-5-15-25-40)34-47(44)51-48-32-36(35-16-6-1-7-17-35)26-31-46(48)50-49(51)45(43)33-41/h1-34H. The zero-order chi connectivity index (χ0) is 37.0.